The summed E-state index contributed by atoms with van der Waals surface area (Å²) < 4.78 is 11.4. The molecule has 0 saturated carbocycles. The van der Waals surface area contributed by atoms with Gasteiger partial charge in [-0.25, -0.2) is 0 Å². The van der Waals surface area contributed by atoms with Gasteiger partial charge in [0.2, 0.25) is 0 Å². The number of nitrogens with zero attached hydrogens (tertiary/aromatic N) is 3. The number of benzene rings is 2. The van der Waals surface area contributed by atoms with Gasteiger partial charge in [-0.2, -0.15) is 4.98 Å². The van der Waals surface area contributed by atoms with Crippen molar-refractivity contribution in [2.45, 2.75) is 31.9 Å². The third-order valence-electron chi connectivity index (χ3n) is 5.02. The van der Waals surface area contributed by atoms with E-state index in [1.54, 1.807) is 0 Å². The number of piperidine rings is 1. The molecule has 0 N–H and O–H groups in total. The number of hydrogen-bond acceptors (Lipinski definition) is 5. The van der Waals surface area contributed by atoms with Gasteiger partial charge in [0.15, 0.2) is 5.82 Å². The molecule has 2 heterocycles. The van der Waals surface area contributed by atoms with E-state index in [-0.39, 0.29) is 0 Å². The van der Waals surface area contributed by atoms with E-state index in [4.69, 9.17) is 20.9 Å². The van der Waals surface area contributed by atoms with E-state index in [1.807, 2.05) is 42.5 Å². The summed E-state index contributed by atoms with van der Waals surface area (Å²) in [7, 11) is 0. The predicted octanol–water partition coefficient (Wildman–Crippen LogP) is 4.61. The Bertz CT molecular complexity index is 859. The van der Waals surface area contributed by atoms with Crippen LogP contribution in [0.1, 0.15) is 24.2 Å². The van der Waals surface area contributed by atoms with E-state index in [1.165, 1.54) is 5.56 Å². The van der Waals surface area contributed by atoms with Gasteiger partial charge in [0.25, 0.3) is 5.89 Å². The van der Waals surface area contributed by atoms with Gasteiger partial charge in [-0.05, 0) is 42.7 Å². The minimum atomic E-state index is 0.307. The second-order valence-electron chi connectivity index (χ2n) is 7.10. The number of aromatic nitrogens is 2. The molecule has 1 fully saturated rings. The van der Waals surface area contributed by atoms with E-state index in [0.29, 0.717) is 30.8 Å². The molecule has 0 aliphatic carbocycles. The first kappa shape index (κ1) is 19.1. The zero-order valence-electron chi connectivity index (χ0n) is 15.8. The molecule has 5 nitrogen and oxygen atoms in total. The van der Waals surface area contributed by atoms with Crippen LogP contribution in [-0.4, -0.2) is 40.8 Å². The molecular formula is C22H24ClN3O2. The normalized spacial score (nSPS) is 15.8. The summed E-state index contributed by atoms with van der Waals surface area (Å²) in [5.41, 5.74) is 2.24. The van der Waals surface area contributed by atoms with Gasteiger partial charge >= 0.3 is 0 Å². The molecule has 0 spiro atoms. The smallest absolute Gasteiger partial charge is 0.257 e. The van der Waals surface area contributed by atoms with Gasteiger partial charge in [0.05, 0.1) is 12.7 Å². The van der Waals surface area contributed by atoms with Crippen molar-refractivity contribution in [3.8, 4) is 11.5 Å². The molecule has 6 heteroatoms. The highest BCUT2D eigenvalue weighted by Crippen LogP contribution is 2.19. The van der Waals surface area contributed by atoms with Crippen molar-refractivity contribution in [2.24, 2.45) is 0 Å². The Balaban J connectivity index is 1.18. The fourth-order valence-corrected chi connectivity index (χ4v) is 3.58. The van der Waals surface area contributed by atoms with Crippen molar-refractivity contribution in [3.63, 3.8) is 0 Å². The summed E-state index contributed by atoms with van der Waals surface area (Å²) in [4.78, 5) is 6.92. The van der Waals surface area contributed by atoms with Crippen LogP contribution in [0, 0.1) is 0 Å². The third kappa shape index (κ3) is 5.19. The van der Waals surface area contributed by atoms with E-state index < -0.39 is 0 Å². The van der Waals surface area contributed by atoms with Gasteiger partial charge < -0.3 is 9.26 Å². The minimum Gasteiger partial charge on any atom is -0.378 e. The topological polar surface area (TPSA) is 51.4 Å². The van der Waals surface area contributed by atoms with Crippen LogP contribution in [0.25, 0.3) is 11.5 Å². The lowest BCUT2D eigenvalue weighted by Crippen LogP contribution is -2.36. The zero-order valence-corrected chi connectivity index (χ0v) is 16.5. The predicted molar refractivity (Wildman–Crippen MR) is 109 cm³/mol. The first-order valence-corrected chi connectivity index (χ1v) is 10.1. The molecule has 0 atom stereocenters. The van der Waals surface area contributed by atoms with Gasteiger partial charge in [0, 0.05) is 36.6 Å². The van der Waals surface area contributed by atoms with Crippen molar-refractivity contribution in [1.29, 1.82) is 0 Å². The number of rotatable bonds is 7. The maximum absolute atomic E-state index is 6.05. The zero-order chi connectivity index (χ0) is 19.2. The van der Waals surface area contributed by atoms with Crippen LogP contribution in [0.4, 0.5) is 0 Å². The molecule has 1 aromatic heterocycles. The second kappa shape index (κ2) is 9.32. The van der Waals surface area contributed by atoms with Crippen LogP contribution in [0.15, 0.2) is 59.1 Å². The Morgan fingerprint density at radius 1 is 1.04 bits per heavy atom. The van der Waals surface area contributed by atoms with Crippen LogP contribution in [0.3, 0.4) is 0 Å². The third-order valence-corrected chi connectivity index (χ3v) is 5.27. The van der Waals surface area contributed by atoms with Gasteiger partial charge in [0.1, 0.15) is 0 Å². The summed E-state index contributed by atoms with van der Waals surface area (Å²) in [5, 5.41) is 4.84. The monoisotopic (exact) mass is 397 g/mol. The summed E-state index contributed by atoms with van der Waals surface area (Å²) >= 11 is 5.95. The highest BCUT2D eigenvalue weighted by Gasteiger charge is 2.20. The Morgan fingerprint density at radius 3 is 2.54 bits per heavy atom. The fraction of sp³-hybridized carbons (Fsp3) is 0.364. The summed E-state index contributed by atoms with van der Waals surface area (Å²) in [6.45, 7) is 3.69. The van der Waals surface area contributed by atoms with E-state index in [9.17, 15) is 0 Å². The lowest BCUT2D eigenvalue weighted by Gasteiger charge is -2.31. The quantitative estimate of drug-likeness (QED) is 0.582. The summed E-state index contributed by atoms with van der Waals surface area (Å²) in [6, 6.07) is 17.9. The van der Waals surface area contributed by atoms with Crippen molar-refractivity contribution in [1.82, 2.24) is 15.0 Å². The highest BCUT2D eigenvalue weighted by molar-refractivity contribution is 6.30. The number of hydrogen-bond donors (Lipinski definition) is 0. The Hall–Kier alpha value is -2.21. The van der Waals surface area contributed by atoms with Crippen LogP contribution in [0.5, 0.6) is 0 Å². The van der Waals surface area contributed by atoms with Crippen LogP contribution >= 0.6 is 11.6 Å². The number of likely N-dealkylation sites (tertiary alicyclic amines) is 1. The molecule has 0 radical (unpaired) electrons. The SMILES string of the molecule is Clc1ccc(CN2CCC(OCCc3noc(-c4ccccc4)n3)CC2)cc1. The molecule has 0 amide bonds. The lowest BCUT2D eigenvalue weighted by atomic mass is 10.1. The molecule has 3 aromatic rings. The van der Waals surface area contributed by atoms with Gasteiger partial charge in [-0.1, -0.05) is 47.1 Å². The Morgan fingerprint density at radius 2 is 1.79 bits per heavy atom. The maximum atomic E-state index is 6.05. The molecule has 2 aromatic carbocycles. The summed E-state index contributed by atoms with van der Waals surface area (Å²) in [5.74, 6) is 1.25. The molecular weight excluding hydrogens is 374 g/mol. The van der Waals surface area contributed by atoms with Gasteiger partial charge in [-0.15, -0.1) is 0 Å². The molecule has 1 aliphatic rings. The molecule has 146 valence electrons. The van der Waals surface area contributed by atoms with Crippen molar-refractivity contribution < 1.29 is 9.26 Å². The average molecular weight is 398 g/mol. The number of halogens is 1. The average Bonchev–Trinajstić information content (AvgIpc) is 3.21. The van der Waals surface area contributed by atoms with Crippen LogP contribution in [0.2, 0.25) is 5.02 Å². The summed E-state index contributed by atoms with van der Waals surface area (Å²) in [6.07, 6.45) is 3.08. The molecule has 28 heavy (non-hydrogen) atoms. The first-order valence-electron chi connectivity index (χ1n) is 9.73. The first-order chi connectivity index (χ1) is 13.8. The van der Waals surface area contributed by atoms with Crippen molar-refractivity contribution in [3.05, 3.63) is 71.0 Å². The molecule has 1 saturated heterocycles. The fourth-order valence-electron chi connectivity index (χ4n) is 3.45. The van der Waals surface area contributed by atoms with E-state index in [0.717, 1.165) is 43.1 Å². The molecule has 0 unspecified atom stereocenters. The van der Waals surface area contributed by atoms with Crippen LogP contribution in [-0.2, 0) is 17.7 Å². The van der Waals surface area contributed by atoms with Gasteiger partial charge in [-0.3, -0.25) is 4.90 Å². The molecule has 1 aliphatic heterocycles. The lowest BCUT2D eigenvalue weighted by molar-refractivity contribution is 0.00676. The van der Waals surface area contributed by atoms with E-state index in [2.05, 4.69) is 27.2 Å². The van der Waals surface area contributed by atoms with Crippen molar-refractivity contribution in [2.75, 3.05) is 19.7 Å². The van der Waals surface area contributed by atoms with Crippen LogP contribution < -0.4 is 0 Å². The minimum absolute atomic E-state index is 0.307. The highest BCUT2D eigenvalue weighted by atomic mass is 35.5. The number of ether oxygens (including phenoxy) is 1. The maximum Gasteiger partial charge on any atom is 0.257 e. The van der Waals surface area contributed by atoms with E-state index >= 15 is 0 Å². The second-order valence-corrected chi connectivity index (χ2v) is 7.54. The molecule has 4 rings (SSSR count). The Labute approximate surface area is 170 Å². The standard InChI is InChI=1S/C22H24ClN3O2/c23-19-8-6-17(7-9-19)16-26-13-10-20(11-14-26)27-15-12-21-24-22(28-25-21)18-4-2-1-3-5-18/h1-9,20H,10-16H2. The largest absolute Gasteiger partial charge is 0.378 e. The van der Waals surface area contributed by atoms with Crippen molar-refractivity contribution >= 4 is 11.6 Å². The molecule has 0 bridgehead atoms. The Kier molecular flexibility index (Phi) is 6.37.